The summed E-state index contributed by atoms with van der Waals surface area (Å²) in [5.74, 6) is 0.661. The van der Waals surface area contributed by atoms with Crippen LogP contribution in [-0.4, -0.2) is 32.3 Å². The molecule has 1 aliphatic rings. The van der Waals surface area contributed by atoms with E-state index in [0.717, 1.165) is 18.5 Å². The monoisotopic (exact) mass is 258 g/mol. The van der Waals surface area contributed by atoms with Crippen LogP contribution in [0.1, 0.15) is 25.7 Å². The highest BCUT2D eigenvalue weighted by atomic mass is 15.6. The standard InChI is InChI=1S/C13H18N6/c14-11-8-4-5-9-12(11)15-13-16-17-18-19(13)10-6-2-1-3-7-10/h1-3,6-7,11-12H,4-5,8-9,14H2,(H,15,16,18)/t11-,12-/m1/s1. The van der Waals surface area contributed by atoms with Crippen LogP contribution in [0.4, 0.5) is 5.95 Å². The lowest BCUT2D eigenvalue weighted by Crippen LogP contribution is -2.43. The summed E-state index contributed by atoms with van der Waals surface area (Å²) >= 11 is 0. The largest absolute Gasteiger partial charge is 0.348 e. The van der Waals surface area contributed by atoms with Gasteiger partial charge in [0.1, 0.15) is 0 Å². The third-order valence-electron chi connectivity index (χ3n) is 3.60. The van der Waals surface area contributed by atoms with Crippen molar-refractivity contribution in [3.05, 3.63) is 30.3 Å². The van der Waals surface area contributed by atoms with Crippen molar-refractivity contribution in [3.8, 4) is 5.69 Å². The summed E-state index contributed by atoms with van der Waals surface area (Å²) in [5.41, 5.74) is 7.09. The second-order valence-corrected chi connectivity index (χ2v) is 4.95. The van der Waals surface area contributed by atoms with E-state index in [-0.39, 0.29) is 12.1 Å². The molecule has 0 saturated heterocycles. The summed E-state index contributed by atoms with van der Waals surface area (Å²) in [6.07, 6.45) is 4.55. The first-order valence-electron chi connectivity index (χ1n) is 6.70. The number of tetrazole rings is 1. The van der Waals surface area contributed by atoms with Gasteiger partial charge < -0.3 is 11.1 Å². The Morgan fingerprint density at radius 3 is 2.74 bits per heavy atom. The van der Waals surface area contributed by atoms with E-state index >= 15 is 0 Å². The molecule has 3 rings (SSSR count). The van der Waals surface area contributed by atoms with Crippen LogP contribution in [0, 0.1) is 0 Å². The lowest BCUT2D eigenvalue weighted by Gasteiger charge is -2.29. The minimum Gasteiger partial charge on any atom is -0.348 e. The van der Waals surface area contributed by atoms with Gasteiger partial charge in [0.25, 0.3) is 0 Å². The van der Waals surface area contributed by atoms with Gasteiger partial charge in [0, 0.05) is 12.1 Å². The fraction of sp³-hybridized carbons (Fsp3) is 0.462. The van der Waals surface area contributed by atoms with Crippen LogP contribution in [0.2, 0.25) is 0 Å². The molecule has 2 atom stereocenters. The molecule has 0 bridgehead atoms. The summed E-state index contributed by atoms with van der Waals surface area (Å²) in [7, 11) is 0. The predicted octanol–water partition coefficient (Wildman–Crippen LogP) is 1.34. The first-order chi connectivity index (χ1) is 9.34. The van der Waals surface area contributed by atoms with Crippen molar-refractivity contribution in [1.29, 1.82) is 0 Å². The maximum Gasteiger partial charge on any atom is 0.248 e. The van der Waals surface area contributed by atoms with Crippen molar-refractivity contribution in [3.63, 3.8) is 0 Å². The Labute approximate surface area is 112 Å². The highest BCUT2D eigenvalue weighted by Crippen LogP contribution is 2.21. The van der Waals surface area contributed by atoms with Gasteiger partial charge in [-0.1, -0.05) is 36.1 Å². The zero-order chi connectivity index (χ0) is 13.1. The van der Waals surface area contributed by atoms with Gasteiger partial charge in [-0.2, -0.15) is 4.68 Å². The summed E-state index contributed by atoms with van der Waals surface area (Å²) in [6.45, 7) is 0. The summed E-state index contributed by atoms with van der Waals surface area (Å²) < 4.78 is 1.71. The third-order valence-corrected chi connectivity index (χ3v) is 3.60. The fourth-order valence-electron chi connectivity index (χ4n) is 2.52. The van der Waals surface area contributed by atoms with Crippen LogP contribution >= 0.6 is 0 Å². The number of hydrogen-bond acceptors (Lipinski definition) is 5. The minimum atomic E-state index is 0.176. The van der Waals surface area contributed by atoms with Gasteiger partial charge in [-0.05, 0) is 35.4 Å². The van der Waals surface area contributed by atoms with Crippen LogP contribution in [0.3, 0.4) is 0 Å². The van der Waals surface area contributed by atoms with E-state index in [0.29, 0.717) is 5.95 Å². The molecule has 1 heterocycles. The Morgan fingerprint density at radius 2 is 1.95 bits per heavy atom. The highest BCUT2D eigenvalue weighted by molar-refractivity contribution is 5.39. The molecule has 100 valence electrons. The number of rotatable bonds is 3. The molecule has 0 unspecified atom stereocenters. The van der Waals surface area contributed by atoms with Crippen molar-refractivity contribution in [1.82, 2.24) is 20.2 Å². The zero-order valence-corrected chi connectivity index (χ0v) is 10.7. The van der Waals surface area contributed by atoms with E-state index in [4.69, 9.17) is 5.73 Å². The number of nitrogens with one attached hydrogen (secondary N) is 1. The molecular weight excluding hydrogens is 240 g/mol. The number of nitrogens with two attached hydrogens (primary N) is 1. The highest BCUT2D eigenvalue weighted by Gasteiger charge is 2.23. The molecule has 0 spiro atoms. The van der Waals surface area contributed by atoms with Crippen molar-refractivity contribution in [2.24, 2.45) is 5.73 Å². The summed E-state index contributed by atoms with van der Waals surface area (Å²) in [5, 5.41) is 15.2. The molecule has 1 aromatic carbocycles. The van der Waals surface area contributed by atoms with Crippen LogP contribution < -0.4 is 11.1 Å². The molecule has 1 fully saturated rings. The molecule has 2 aromatic rings. The van der Waals surface area contributed by atoms with Crippen molar-refractivity contribution >= 4 is 5.95 Å². The van der Waals surface area contributed by atoms with E-state index < -0.39 is 0 Å². The first kappa shape index (κ1) is 12.1. The predicted molar refractivity (Wildman–Crippen MR) is 73.0 cm³/mol. The molecule has 0 aliphatic heterocycles. The van der Waals surface area contributed by atoms with Crippen LogP contribution in [0.25, 0.3) is 5.69 Å². The lowest BCUT2D eigenvalue weighted by atomic mass is 9.91. The van der Waals surface area contributed by atoms with Gasteiger partial charge in [0.15, 0.2) is 0 Å². The van der Waals surface area contributed by atoms with Gasteiger partial charge >= 0.3 is 0 Å². The number of anilines is 1. The van der Waals surface area contributed by atoms with Gasteiger partial charge in [0.2, 0.25) is 5.95 Å². The molecule has 0 radical (unpaired) electrons. The Kier molecular flexibility index (Phi) is 3.41. The first-order valence-corrected chi connectivity index (χ1v) is 6.70. The van der Waals surface area contributed by atoms with Gasteiger partial charge in [-0.3, -0.25) is 0 Å². The Morgan fingerprint density at radius 1 is 1.16 bits per heavy atom. The lowest BCUT2D eigenvalue weighted by molar-refractivity contribution is 0.402. The molecule has 1 aliphatic carbocycles. The molecule has 0 amide bonds. The van der Waals surface area contributed by atoms with Crippen molar-refractivity contribution in [2.75, 3.05) is 5.32 Å². The summed E-state index contributed by atoms with van der Waals surface area (Å²) in [4.78, 5) is 0. The van der Waals surface area contributed by atoms with E-state index in [2.05, 4.69) is 20.8 Å². The molecule has 3 N–H and O–H groups in total. The number of aromatic nitrogens is 4. The maximum absolute atomic E-state index is 6.14. The maximum atomic E-state index is 6.14. The van der Waals surface area contributed by atoms with E-state index in [1.807, 2.05) is 30.3 Å². The molecule has 6 heteroatoms. The minimum absolute atomic E-state index is 0.176. The summed E-state index contributed by atoms with van der Waals surface area (Å²) in [6, 6.07) is 10.3. The molecule has 19 heavy (non-hydrogen) atoms. The van der Waals surface area contributed by atoms with E-state index in [1.54, 1.807) is 4.68 Å². The van der Waals surface area contributed by atoms with Gasteiger partial charge in [0.05, 0.1) is 5.69 Å². The zero-order valence-electron chi connectivity index (χ0n) is 10.7. The molecule has 1 aromatic heterocycles. The Hall–Kier alpha value is -1.95. The van der Waals surface area contributed by atoms with Crippen LogP contribution in [0.15, 0.2) is 30.3 Å². The third kappa shape index (κ3) is 2.58. The number of para-hydroxylation sites is 1. The van der Waals surface area contributed by atoms with Crippen LogP contribution in [-0.2, 0) is 0 Å². The van der Waals surface area contributed by atoms with Gasteiger partial charge in [-0.25, -0.2) is 0 Å². The molecule has 6 nitrogen and oxygen atoms in total. The van der Waals surface area contributed by atoms with E-state index in [9.17, 15) is 0 Å². The van der Waals surface area contributed by atoms with Gasteiger partial charge in [-0.15, -0.1) is 0 Å². The normalized spacial score (nSPS) is 23.2. The SMILES string of the molecule is N[C@@H]1CCCC[C@H]1Nc1nnnn1-c1ccccc1. The Bertz CT molecular complexity index is 523. The number of nitrogens with zero attached hydrogens (tertiary/aromatic N) is 4. The van der Waals surface area contributed by atoms with Crippen molar-refractivity contribution < 1.29 is 0 Å². The fourth-order valence-corrected chi connectivity index (χ4v) is 2.52. The average Bonchev–Trinajstić information content (AvgIpc) is 2.91. The average molecular weight is 258 g/mol. The topological polar surface area (TPSA) is 81.7 Å². The molecular formula is C13H18N6. The Balaban J connectivity index is 1.81. The number of hydrogen-bond donors (Lipinski definition) is 2. The number of benzene rings is 1. The second-order valence-electron chi connectivity index (χ2n) is 4.95. The van der Waals surface area contributed by atoms with Crippen LogP contribution in [0.5, 0.6) is 0 Å². The molecule has 1 saturated carbocycles. The quantitative estimate of drug-likeness (QED) is 0.868. The van der Waals surface area contributed by atoms with E-state index in [1.165, 1.54) is 12.8 Å². The smallest absolute Gasteiger partial charge is 0.248 e. The second kappa shape index (κ2) is 5.36. The van der Waals surface area contributed by atoms with Crippen molar-refractivity contribution in [2.45, 2.75) is 37.8 Å².